The second-order valence-electron chi connectivity index (χ2n) is 2.70. The second-order valence-corrected chi connectivity index (χ2v) is 3.54. The van der Waals surface area contributed by atoms with E-state index in [-0.39, 0.29) is 13.2 Å². The number of pyridine rings is 1. The molecule has 6 heteroatoms. The van der Waals surface area contributed by atoms with Crippen molar-refractivity contribution in [3.8, 4) is 0 Å². The summed E-state index contributed by atoms with van der Waals surface area (Å²) in [7, 11) is 0. The van der Waals surface area contributed by atoms with E-state index in [0.717, 1.165) is 0 Å². The Morgan fingerprint density at radius 1 is 1.50 bits per heavy atom. The fraction of sp³-hybridized carbons (Fsp3) is 0.375. The monoisotopic (exact) mass is 236 g/mol. The van der Waals surface area contributed by atoms with Crippen LogP contribution in [0.2, 0.25) is 10.0 Å². The summed E-state index contributed by atoms with van der Waals surface area (Å²) in [4.78, 5) is 3.92. The van der Waals surface area contributed by atoms with Gasteiger partial charge in [0.25, 0.3) is 0 Å². The highest BCUT2D eigenvalue weighted by molar-refractivity contribution is 6.35. The van der Waals surface area contributed by atoms with Crippen LogP contribution in [-0.4, -0.2) is 34.5 Å². The highest BCUT2D eigenvalue weighted by Gasteiger charge is 2.05. The fourth-order valence-corrected chi connectivity index (χ4v) is 1.27. The number of rotatable bonds is 4. The van der Waals surface area contributed by atoms with Crippen molar-refractivity contribution in [2.24, 2.45) is 0 Å². The summed E-state index contributed by atoms with van der Waals surface area (Å²) in [5.41, 5.74) is 0. The van der Waals surface area contributed by atoms with Gasteiger partial charge in [-0.3, -0.25) is 0 Å². The molecule has 1 aromatic heterocycles. The van der Waals surface area contributed by atoms with E-state index in [9.17, 15) is 0 Å². The molecule has 78 valence electrons. The molecule has 0 aromatic carbocycles. The van der Waals surface area contributed by atoms with Crippen molar-refractivity contribution in [3.63, 3.8) is 0 Å². The number of nitrogens with one attached hydrogen (secondary N) is 1. The average molecular weight is 237 g/mol. The number of aromatic nitrogens is 1. The first-order chi connectivity index (χ1) is 6.63. The van der Waals surface area contributed by atoms with Gasteiger partial charge >= 0.3 is 0 Å². The molecule has 0 amide bonds. The predicted molar refractivity (Wildman–Crippen MR) is 55.8 cm³/mol. The molecule has 0 aliphatic heterocycles. The minimum absolute atomic E-state index is 0.185. The molecule has 3 N–H and O–H groups in total. The lowest BCUT2D eigenvalue weighted by Gasteiger charge is -2.10. The van der Waals surface area contributed by atoms with Crippen LogP contribution in [-0.2, 0) is 0 Å². The van der Waals surface area contributed by atoms with Crippen molar-refractivity contribution in [1.29, 1.82) is 0 Å². The summed E-state index contributed by atoms with van der Waals surface area (Å²) in [6.45, 7) is -0.122. The maximum absolute atomic E-state index is 9.06. The van der Waals surface area contributed by atoms with Crippen molar-refractivity contribution in [3.05, 3.63) is 22.3 Å². The van der Waals surface area contributed by atoms with Gasteiger partial charge in [0.15, 0.2) is 0 Å². The van der Waals surface area contributed by atoms with Crippen LogP contribution in [0.25, 0.3) is 0 Å². The Morgan fingerprint density at radius 3 is 2.79 bits per heavy atom. The highest BCUT2D eigenvalue weighted by atomic mass is 35.5. The van der Waals surface area contributed by atoms with Gasteiger partial charge in [0.2, 0.25) is 0 Å². The lowest BCUT2D eigenvalue weighted by molar-refractivity contribution is 0.105. The predicted octanol–water partition coefficient (Wildman–Crippen LogP) is 1.15. The minimum atomic E-state index is -0.830. The maximum atomic E-state index is 9.06. The minimum Gasteiger partial charge on any atom is -0.394 e. The Morgan fingerprint density at radius 2 is 2.21 bits per heavy atom. The van der Waals surface area contributed by atoms with E-state index >= 15 is 0 Å². The van der Waals surface area contributed by atoms with Crippen LogP contribution in [0.4, 0.5) is 5.82 Å². The molecule has 0 aliphatic carbocycles. The topological polar surface area (TPSA) is 65.4 Å². The molecule has 1 atom stereocenters. The van der Waals surface area contributed by atoms with Gasteiger partial charge in [-0.1, -0.05) is 23.2 Å². The van der Waals surface area contributed by atoms with Crippen LogP contribution in [0.15, 0.2) is 12.3 Å². The van der Waals surface area contributed by atoms with Crippen LogP contribution in [0.1, 0.15) is 0 Å². The first-order valence-electron chi connectivity index (χ1n) is 3.97. The fourth-order valence-electron chi connectivity index (χ4n) is 0.824. The van der Waals surface area contributed by atoms with E-state index in [1.165, 1.54) is 6.20 Å². The molecule has 4 nitrogen and oxygen atoms in total. The number of anilines is 1. The molecule has 0 fully saturated rings. The maximum Gasteiger partial charge on any atom is 0.144 e. The van der Waals surface area contributed by atoms with Gasteiger partial charge in [-0.15, -0.1) is 0 Å². The molecule has 0 radical (unpaired) electrons. The zero-order valence-corrected chi connectivity index (χ0v) is 8.76. The van der Waals surface area contributed by atoms with Gasteiger partial charge in [0.1, 0.15) is 5.82 Å². The van der Waals surface area contributed by atoms with Crippen LogP contribution < -0.4 is 5.32 Å². The lowest BCUT2D eigenvalue weighted by atomic mass is 10.3. The zero-order valence-electron chi connectivity index (χ0n) is 7.24. The van der Waals surface area contributed by atoms with Crippen LogP contribution in [0, 0.1) is 0 Å². The van der Waals surface area contributed by atoms with Crippen molar-refractivity contribution < 1.29 is 10.2 Å². The van der Waals surface area contributed by atoms with Crippen molar-refractivity contribution in [2.45, 2.75) is 6.10 Å². The molecular weight excluding hydrogens is 227 g/mol. The zero-order chi connectivity index (χ0) is 10.6. The molecule has 1 aromatic rings. The number of aliphatic hydroxyl groups is 2. The van der Waals surface area contributed by atoms with Crippen LogP contribution in [0.5, 0.6) is 0 Å². The van der Waals surface area contributed by atoms with Gasteiger partial charge < -0.3 is 15.5 Å². The molecule has 0 saturated carbocycles. The Labute approximate surface area is 91.5 Å². The molecule has 0 bridgehead atoms. The number of halogens is 2. The Bertz CT molecular complexity index is 309. The third kappa shape index (κ3) is 3.31. The number of hydrogen-bond donors (Lipinski definition) is 3. The smallest absolute Gasteiger partial charge is 0.144 e. The van der Waals surface area contributed by atoms with Crippen molar-refractivity contribution >= 4 is 29.0 Å². The van der Waals surface area contributed by atoms with Gasteiger partial charge in [0.05, 0.1) is 22.8 Å². The summed E-state index contributed by atoms with van der Waals surface area (Å²) in [5, 5.41) is 21.2. The van der Waals surface area contributed by atoms with E-state index in [1.807, 2.05) is 0 Å². The number of hydrogen-bond acceptors (Lipinski definition) is 4. The Kier molecular flexibility index (Phi) is 4.41. The third-order valence-electron chi connectivity index (χ3n) is 1.52. The lowest BCUT2D eigenvalue weighted by Crippen LogP contribution is -2.23. The van der Waals surface area contributed by atoms with E-state index in [2.05, 4.69) is 10.3 Å². The van der Waals surface area contributed by atoms with Crippen molar-refractivity contribution in [1.82, 2.24) is 4.98 Å². The SMILES string of the molecule is OCC(O)CNc1ncc(Cl)cc1Cl. The largest absolute Gasteiger partial charge is 0.394 e. The van der Waals surface area contributed by atoms with Gasteiger partial charge in [0, 0.05) is 12.7 Å². The Balaban J connectivity index is 2.59. The third-order valence-corrected chi connectivity index (χ3v) is 2.02. The van der Waals surface area contributed by atoms with Crippen LogP contribution in [0.3, 0.4) is 0 Å². The Hall–Kier alpha value is -0.550. The van der Waals surface area contributed by atoms with Crippen molar-refractivity contribution in [2.75, 3.05) is 18.5 Å². The van der Waals surface area contributed by atoms with Gasteiger partial charge in [-0.25, -0.2) is 4.98 Å². The summed E-state index contributed by atoms with van der Waals surface area (Å²) in [6.07, 6.45) is 0.615. The standard InChI is InChI=1S/C8H10Cl2N2O2/c9-5-1-7(10)8(11-2-5)12-3-6(14)4-13/h1-2,6,13-14H,3-4H2,(H,11,12). The summed E-state index contributed by atoms with van der Waals surface area (Å²) < 4.78 is 0. The average Bonchev–Trinajstić information content (AvgIpc) is 2.16. The number of nitrogens with zero attached hydrogens (tertiary/aromatic N) is 1. The molecule has 1 rings (SSSR count). The quantitative estimate of drug-likeness (QED) is 0.735. The molecule has 0 spiro atoms. The summed E-state index contributed by atoms with van der Waals surface area (Å²) >= 11 is 11.4. The molecular formula is C8H10Cl2N2O2. The summed E-state index contributed by atoms with van der Waals surface area (Å²) in [5.74, 6) is 0.434. The number of aliphatic hydroxyl groups excluding tert-OH is 2. The molecule has 0 saturated heterocycles. The first kappa shape index (κ1) is 11.5. The molecule has 1 heterocycles. The molecule has 0 aliphatic rings. The molecule has 1 unspecified atom stereocenters. The second kappa shape index (κ2) is 5.36. The highest BCUT2D eigenvalue weighted by Crippen LogP contribution is 2.22. The molecule has 14 heavy (non-hydrogen) atoms. The van der Waals surface area contributed by atoms with E-state index < -0.39 is 6.10 Å². The summed E-state index contributed by atoms with van der Waals surface area (Å²) in [6, 6.07) is 1.55. The van der Waals surface area contributed by atoms with Crippen LogP contribution >= 0.6 is 23.2 Å². The van der Waals surface area contributed by atoms with E-state index in [1.54, 1.807) is 6.07 Å². The van der Waals surface area contributed by atoms with Gasteiger partial charge in [-0.2, -0.15) is 0 Å². The van der Waals surface area contributed by atoms with Gasteiger partial charge in [-0.05, 0) is 6.07 Å². The normalized spacial score (nSPS) is 12.6. The first-order valence-corrected chi connectivity index (χ1v) is 4.73. The van der Waals surface area contributed by atoms with E-state index in [4.69, 9.17) is 33.4 Å². The van der Waals surface area contributed by atoms with E-state index in [0.29, 0.717) is 15.9 Å².